The van der Waals surface area contributed by atoms with Crippen molar-refractivity contribution in [1.82, 2.24) is 19.9 Å². The molecule has 0 radical (unpaired) electrons. The van der Waals surface area contributed by atoms with Crippen LogP contribution in [0.4, 0.5) is 0 Å². The fraction of sp³-hybridized carbons (Fsp3) is 0.0833. The zero-order valence-electron chi connectivity index (χ0n) is 62.3. The molecule has 20 nitrogen and oxygen atoms in total. The Labute approximate surface area is 667 Å². The van der Waals surface area contributed by atoms with E-state index >= 15 is 0 Å². The summed E-state index contributed by atoms with van der Waals surface area (Å²) in [4.78, 5) is 124. The normalized spacial score (nSPS) is 10.6. The summed E-state index contributed by atoms with van der Waals surface area (Å²) in [6.07, 6.45) is 0. The quantitative estimate of drug-likeness (QED) is 0.0326. The monoisotopic (exact) mass is 1540 g/mol. The molecule has 4 heterocycles. The maximum Gasteiger partial charge on any atom is 0.357 e. The minimum Gasteiger partial charge on any atom is -0.456 e. The molecule has 14 rings (SSSR count). The zero-order chi connectivity index (χ0) is 80.2. The van der Waals surface area contributed by atoms with Crippen LogP contribution in [0, 0.1) is 0 Å². The van der Waals surface area contributed by atoms with Gasteiger partial charge in [-0.05, 0) is 138 Å². The number of ether oxygens (including phenoxy) is 8. The Bertz CT molecular complexity index is 4730. The number of carbonyl (C=O) groups excluding carboxylic acids is 8. The highest BCUT2D eigenvalue weighted by molar-refractivity contribution is 5.98. The van der Waals surface area contributed by atoms with Gasteiger partial charge >= 0.3 is 47.8 Å². The Balaban J connectivity index is 0.000000202. The average Bonchev–Trinajstić information content (AvgIpc) is 0.804. The van der Waals surface area contributed by atoms with Gasteiger partial charge < -0.3 is 37.9 Å². The van der Waals surface area contributed by atoms with E-state index in [2.05, 4.69) is 19.9 Å². The Kier molecular flexibility index (Phi) is 26.8. The highest BCUT2D eigenvalue weighted by atomic mass is 16.6. The molecule has 0 atom stereocenters. The van der Waals surface area contributed by atoms with Gasteiger partial charge in [0.2, 0.25) is 0 Å². The molecule has 14 aromatic rings. The second-order valence-electron chi connectivity index (χ2n) is 26.2. The number of benzene rings is 10. The number of hydrogen-bond acceptors (Lipinski definition) is 20. The fourth-order valence-corrected chi connectivity index (χ4v) is 11.7. The van der Waals surface area contributed by atoms with Crippen LogP contribution in [0.15, 0.2) is 340 Å². The standard InChI is InChI=1S/2C48H36N2O8/c2*51-45(55-29-33-13-5-1-6-14-33)41-25-39(26-42(49-41)46(52)56-30-34-15-7-2-8-16-34)37-21-23-38(24-22-37)40-27-43(47(53)57-31-35-17-9-3-10-18-35)50-44(28-40)48(54)58-32-36-19-11-4-12-20-36/h2*1-28H,29-32H2. The van der Waals surface area contributed by atoms with Crippen molar-refractivity contribution in [2.75, 3.05) is 0 Å². The van der Waals surface area contributed by atoms with Gasteiger partial charge in [0.05, 0.1) is 0 Å². The van der Waals surface area contributed by atoms with Crippen molar-refractivity contribution in [3.8, 4) is 44.5 Å². The molecule has 10 aromatic carbocycles. The predicted molar refractivity (Wildman–Crippen MR) is 430 cm³/mol. The van der Waals surface area contributed by atoms with Gasteiger partial charge in [-0.2, -0.15) is 0 Å². The van der Waals surface area contributed by atoms with Gasteiger partial charge in [-0.3, -0.25) is 0 Å². The van der Waals surface area contributed by atoms with Gasteiger partial charge in [0.1, 0.15) is 98.4 Å². The summed E-state index contributed by atoms with van der Waals surface area (Å²) in [7, 11) is 0. The molecule has 0 saturated heterocycles. The molecule has 0 aliphatic rings. The lowest BCUT2D eigenvalue weighted by atomic mass is 9.99. The van der Waals surface area contributed by atoms with E-state index in [4.69, 9.17) is 37.9 Å². The fourth-order valence-electron chi connectivity index (χ4n) is 11.7. The third-order valence-corrected chi connectivity index (χ3v) is 17.8. The SMILES string of the molecule is O=C(OCc1ccccc1)c1cc(-c2ccc(-c3cc(C(=O)OCc4ccccc4)nc(C(=O)OCc4ccccc4)c3)cc2)cc(C(=O)OCc2ccccc2)n1.O=C(OCc1ccccc1)c1cc(-c2ccc(-c3cc(C(=O)OCc4ccccc4)nc(C(=O)OCc4ccccc4)c3)cc2)cc(C(=O)OCc2ccccc2)n1. The first-order valence-electron chi connectivity index (χ1n) is 36.7. The van der Waals surface area contributed by atoms with Crippen LogP contribution in [-0.2, 0) is 90.7 Å². The summed E-state index contributed by atoms with van der Waals surface area (Å²) >= 11 is 0. The van der Waals surface area contributed by atoms with Crippen LogP contribution in [0.25, 0.3) is 44.5 Å². The molecular weight excluding hydrogens is 1470 g/mol. The van der Waals surface area contributed by atoms with Crippen molar-refractivity contribution in [3.05, 3.63) is 430 Å². The van der Waals surface area contributed by atoms with Crippen molar-refractivity contribution in [2.24, 2.45) is 0 Å². The maximum atomic E-state index is 13.3. The Morgan fingerprint density at radius 1 is 0.155 bits per heavy atom. The van der Waals surface area contributed by atoms with Gasteiger partial charge in [0.25, 0.3) is 0 Å². The lowest BCUT2D eigenvalue weighted by Crippen LogP contribution is -2.13. The second-order valence-corrected chi connectivity index (χ2v) is 26.2. The third-order valence-electron chi connectivity index (χ3n) is 17.8. The van der Waals surface area contributed by atoms with E-state index in [0.29, 0.717) is 44.5 Å². The van der Waals surface area contributed by atoms with Crippen LogP contribution in [-0.4, -0.2) is 67.7 Å². The summed E-state index contributed by atoms with van der Waals surface area (Å²) in [5.74, 6) is -5.71. The van der Waals surface area contributed by atoms with Gasteiger partial charge in [-0.25, -0.2) is 58.3 Å². The molecule has 0 saturated carbocycles. The number of rotatable bonds is 28. The van der Waals surface area contributed by atoms with Gasteiger partial charge in [-0.1, -0.05) is 291 Å². The van der Waals surface area contributed by atoms with Gasteiger partial charge in [-0.15, -0.1) is 0 Å². The van der Waals surface area contributed by atoms with Crippen LogP contribution in [0.2, 0.25) is 0 Å². The third kappa shape index (κ3) is 22.4. The molecule has 572 valence electrons. The lowest BCUT2D eigenvalue weighted by molar-refractivity contribution is 0.0439. The maximum absolute atomic E-state index is 13.3. The number of hydrogen-bond donors (Lipinski definition) is 0. The topological polar surface area (TPSA) is 262 Å². The van der Waals surface area contributed by atoms with Crippen LogP contribution in [0.1, 0.15) is 128 Å². The second kappa shape index (κ2) is 39.5. The summed E-state index contributed by atoms with van der Waals surface area (Å²) in [5.41, 5.74) is 10.3. The number of pyridine rings is 4. The van der Waals surface area contributed by atoms with E-state index in [1.165, 1.54) is 0 Å². The molecule has 0 fully saturated rings. The summed E-state index contributed by atoms with van der Waals surface area (Å²) in [5, 5.41) is 0. The molecule has 0 aliphatic carbocycles. The summed E-state index contributed by atoms with van der Waals surface area (Å²) in [6, 6.07) is 100. The molecule has 0 unspecified atom stereocenters. The molecule has 20 heteroatoms. The molecule has 0 bridgehead atoms. The summed E-state index contributed by atoms with van der Waals surface area (Å²) < 4.78 is 44.5. The number of esters is 8. The molecule has 4 aromatic heterocycles. The Morgan fingerprint density at radius 3 is 0.379 bits per heavy atom. The minimum atomic E-state index is -0.713. The van der Waals surface area contributed by atoms with Gasteiger partial charge in [0.15, 0.2) is 0 Å². The van der Waals surface area contributed by atoms with E-state index in [-0.39, 0.29) is 98.4 Å². The number of nitrogens with zero attached hydrogens (tertiary/aromatic N) is 4. The van der Waals surface area contributed by atoms with Crippen molar-refractivity contribution in [1.29, 1.82) is 0 Å². The molecular formula is C96H72N4O16. The largest absolute Gasteiger partial charge is 0.456 e. The molecule has 116 heavy (non-hydrogen) atoms. The van der Waals surface area contributed by atoms with Gasteiger partial charge in [0, 0.05) is 0 Å². The number of aromatic nitrogens is 4. The van der Waals surface area contributed by atoms with Crippen molar-refractivity contribution in [2.45, 2.75) is 52.9 Å². The highest BCUT2D eigenvalue weighted by Crippen LogP contribution is 2.31. The summed E-state index contributed by atoms with van der Waals surface area (Å²) in [6.45, 7) is 0.139. The zero-order valence-corrected chi connectivity index (χ0v) is 62.3. The Hall–Kier alpha value is -15.4. The van der Waals surface area contributed by atoms with E-state index in [0.717, 1.165) is 44.5 Å². The van der Waals surface area contributed by atoms with E-state index < -0.39 is 47.8 Å². The van der Waals surface area contributed by atoms with Crippen LogP contribution >= 0.6 is 0 Å². The van der Waals surface area contributed by atoms with Crippen LogP contribution in [0.3, 0.4) is 0 Å². The van der Waals surface area contributed by atoms with Crippen LogP contribution < -0.4 is 0 Å². The average molecular weight is 1540 g/mol. The lowest BCUT2D eigenvalue weighted by Gasteiger charge is -2.12. The number of carbonyl (C=O) groups is 8. The first-order chi connectivity index (χ1) is 56.7. The first-order valence-corrected chi connectivity index (χ1v) is 36.7. The van der Waals surface area contributed by atoms with E-state index in [1.807, 2.05) is 243 Å². The van der Waals surface area contributed by atoms with Crippen molar-refractivity contribution in [3.63, 3.8) is 0 Å². The smallest absolute Gasteiger partial charge is 0.357 e. The Morgan fingerprint density at radius 2 is 0.267 bits per heavy atom. The predicted octanol–water partition coefficient (Wildman–Crippen LogP) is 18.5. The molecule has 0 amide bonds. The van der Waals surface area contributed by atoms with Crippen molar-refractivity contribution >= 4 is 47.8 Å². The first kappa shape index (κ1) is 78.7. The highest BCUT2D eigenvalue weighted by Gasteiger charge is 2.25. The van der Waals surface area contributed by atoms with E-state index in [9.17, 15) is 38.4 Å². The molecule has 0 N–H and O–H groups in total. The minimum absolute atomic E-state index is 0.0174. The van der Waals surface area contributed by atoms with Crippen molar-refractivity contribution < 1.29 is 76.3 Å². The van der Waals surface area contributed by atoms with E-state index in [1.54, 1.807) is 97.1 Å². The van der Waals surface area contributed by atoms with Crippen LogP contribution in [0.5, 0.6) is 0 Å². The molecule has 0 aliphatic heterocycles. The molecule has 0 spiro atoms.